The van der Waals surface area contributed by atoms with Gasteiger partial charge in [-0.2, -0.15) is 0 Å². The largest absolute Gasteiger partial charge is 0.480 e. The zero-order valence-corrected chi connectivity index (χ0v) is 7.42. The molecule has 2 N–H and O–H groups in total. The summed E-state index contributed by atoms with van der Waals surface area (Å²) < 4.78 is 0. The minimum Gasteiger partial charge on any atom is -0.480 e. The summed E-state index contributed by atoms with van der Waals surface area (Å²) in [6.07, 6.45) is 0.969. The van der Waals surface area contributed by atoms with E-state index in [1.54, 1.807) is 0 Å². The van der Waals surface area contributed by atoms with Crippen molar-refractivity contribution < 1.29 is 9.90 Å². The van der Waals surface area contributed by atoms with Gasteiger partial charge in [0.2, 0.25) is 0 Å². The van der Waals surface area contributed by atoms with Crippen LogP contribution in [0.1, 0.15) is 27.2 Å². The minimum absolute atomic E-state index is 0.152. The van der Waals surface area contributed by atoms with E-state index in [0.29, 0.717) is 0 Å². The van der Waals surface area contributed by atoms with Crippen molar-refractivity contribution in [2.75, 3.05) is 6.54 Å². The number of rotatable bonds is 5. The summed E-state index contributed by atoms with van der Waals surface area (Å²) in [5.41, 5.74) is 0. The minimum atomic E-state index is -0.756. The SMILES string of the molecule is CCCN[C@H](C(=O)O)C(C)C. The molecule has 0 fully saturated rings. The zero-order valence-electron chi connectivity index (χ0n) is 7.42. The van der Waals surface area contributed by atoms with E-state index in [1.165, 1.54) is 0 Å². The van der Waals surface area contributed by atoms with Crippen LogP contribution in [-0.4, -0.2) is 23.7 Å². The fourth-order valence-electron chi connectivity index (χ4n) is 0.908. The lowest BCUT2D eigenvalue weighted by atomic mass is 10.1. The van der Waals surface area contributed by atoms with E-state index in [-0.39, 0.29) is 5.92 Å². The van der Waals surface area contributed by atoms with E-state index in [1.807, 2.05) is 20.8 Å². The Morgan fingerprint density at radius 3 is 2.36 bits per heavy atom. The molecule has 0 unspecified atom stereocenters. The van der Waals surface area contributed by atoms with E-state index in [9.17, 15) is 4.79 Å². The van der Waals surface area contributed by atoms with Crippen molar-refractivity contribution >= 4 is 5.97 Å². The molecule has 66 valence electrons. The van der Waals surface area contributed by atoms with Gasteiger partial charge in [-0.05, 0) is 18.9 Å². The van der Waals surface area contributed by atoms with Gasteiger partial charge in [-0.3, -0.25) is 4.79 Å². The molecule has 0 aromatic carbocycles. The third-order valence-corrected chi connectivity index (χ3v) is 1.55. The van der Waals surface area contributed by atoms with Crippen LogP contribution in [0.15, 0.2) is 0 Å². The summed E-state index contributed by atoms with van der Waals surface area (Å²) in [7, 11) is 0. The second-order valence-electron chi connectivity index (χ2n) is 3.01. The van der Waals surface area contributed by atoms with Gasteiger partial charge in [0.1, 0.15) is 6.04 Å². The maximum atomic E-state index is 10.6. The van der Waals surface area contributed by atoms with E-state index in [0.717, 1.165) is 13.0 Å². The Hall–Kier alpha value is -0.570. The Morgan fingerprint density at radius 1 is 1.55 bits per heavy atom. The Kier molecular flexibility index (Phi) is 4.86. The van der Waals surface area contributed by atoms with Gasteiger partial charge in [-0.15, -0.1) is 0 Å². The molecule has 0 saturated carbocycles. The molecule has 0 amide bonds. The summed E-state index contributed by atoms with van der Waals surface area (Å²) in [5, 5.41) is 11.7. The second-order valence-corrected chi connectivity index (χ2v) is 3.01. The normalized spacial score (nSPS) is 13.5. The standard InChI is InChI=1S/C8H17NO2/c1-4-5-9-7(6(2)3)8(10)11/h6-7,9H,4-5H2,1-3H3,(H,10,11)/t7-/m0/s1. The third kappa shape index (κ3) is 3.98. The fraction of sp³-hybridized carbons (Fsp3) is 0.875. The lowest BCUT2D eigenvalue weighted by Crippen LogP contribution is -2.41. The van der Waals surface area contributed by atoms with Gasteiger partial charge in [0.15, 0.2) is 0 Å². The van der Waals surface area contributed by atoms with Crippen LogP contribution < -0.4 is 5.32 Å². The molecule has 0 radical (unpaired) electrons. The fourth-order valence-corrected chi connectivity index (χ4v) is 0.908. The van der Waals surface area contributed by atoms with Gasteiger partial charge in [-0.25, -0.2) is 0 Å². The summed E-state index contributed by atoms with van der Waals surface area (Å²) >= 11 is 0. The molecule has 0 saturated heterocycles. The Balaban J connectivity index is 3.80. The highest BCUT2D eigenvalue weighted by atomic mass is 16.4. The predicted octanol–water partition coefficient (Wildman–Crippen LogP) is 1.10. The van der Waals surface area contributed by atoms with Crippen LogP contribution in [0, 0.1) is 5.92 Å². The highest BCUT2D eigenvalue weighted by Gasteiger charge is 2.19. The van der Waals surface area contributed by atoms with Gasteiger partial charge in [0, 0.05) is 0 Å². The highest BCUT2D eigenvalue weighted by molar-refractivity contribution is 5.73. The first-order valence-electron chi connectivity index (χ1n) is 4.05. The van der Waals surface area contributed by atoms with Gasteiger partial charge < -0.3 is 10.4 Å². The van der Waals surface area contributed by atoms with Crippen molar-refractivity contribution in [2.45, 2.75) is 33.2 Å². The average molecular weight is 159 g/mol. The molecular formula is C8H17NO2. The van der Waals surface area contributed by atoms with E-state index in [4.69, 9.17) is 5.11 Å². The van der Waals surface area contributed by atoms with Crippen molar-refractivity contribution in [2.24, 2.45) is 5.92 Å². The maximum Gasteiger partial charge on any atom is 0.320 e. The molecule has 0 rings (SSSR count). The Labute approximate surface area is 67.8 Å². The Bertz CT molecular complexity index is 123. The van der Waals surface area contributed by atoms with Crippen molar-refractivity contribution in [3.05, 3.63) is 0 Å². The van der Waals surface area contributed by atoms with Gasteiger partial charge in [0.05, 0.1) is 0 Å². The molecule has 0 aliphatic heterocycles. The first-order chi connectivity index (χ1) is 5.09. The summed E-state index contributed by atoms with van der Waals surface area (Å²) in [5.74, 6) is -0.604. The summed E-state index contributed by atoms with van der Waals surface area (Å²) in [4.78, 5) is 10.6. The molecule has 3 heteroatoms. The average Bonchev–Trinajstić information content (AvgIpc) is 1.87. The van der Waals surface area contributed by atoms with Crippen molar-refractivity contribution in [3.8, 4) is 0 Å². The highest BCUT2D eigenvalue weighted by Crippen LogP contribution is 2.00. The first-order valence-corrected chi connectivity index (χ1v) is 4.05. The molecule has 0 aliphatic rings. The van der Waals surface area contributed by atoms with Crippen LogP contribution in [0.3, 0.4) is 0 Å². The quantitative estimate of drug-likeness (QED) is 0.631. The lowest BCUT2D eigenvalue weighted by Gasteiger charge is -2.16. The van der Waals surface area contributed by atoms with Crippen LogP contribution >= 0.6 is 0 Å². The van der Waals surface area contributed by atoms with E-state index in [2.05, 4.69) is 5.32 Å². The second kappa shape index (κ2) is 5.13. The van der Waals surface area contributed by atoms with Crippen LogP contribution in [0.5, 0.6) is 0 Å². The molecule has 3 nitrogen and oxygen atoms in total. The molecule has 0 aromatic rings. The number of hydrogen-bond donors (Lipinski definition) is 2. The molecule has 1 atom stereocenters. The summed E-state index contributed by atoms with van der Waals surface area (Å²) in [6, 6.07) is -0.394. The van der Waals surface area contributed by atoms with Crippen molar-refractivity contribution in [3.63, 3.8) is 0 Å². The third-order valence-electron chi connectivity index (χ3n) is 1.55. The summed E-state index contributed by atoms with van der Waals surface area (Å²) in [6.45, 7) is 6.60. The number of carbonyl (C=O) groups is 1. The molecule has 0 bridgehead atoms. The topological polar surface area (TPSA) is 49.3 Å². The van der Waals surface area contributed by atoms with Gasteiger partial charge in [0.25, 0.3) is 0 Å². The number of aliphatic carboxylic acids is 1. The maximum absolute atomic E-state index is 10.6. The van der Waals surface area contributed by atoms with Gasteiger partial charge in [-0.1, -0.05) is 20.8 Å². The van der Waals surface area contributed by atoms with Crippen LogP contribution in [0.2, 0.25) is 0 Å². The zero-order chi connectivity index (χ0) is 8.85. The number of carboxylic acids is 1. The van der Waals surface area contributed by atoms with E-state index >= 15 is 0 Å². The number of carboxylic acid groups (broad SMARTS) is 1. The van der Waals surface area contributed by atoms with Gasteiger partial charge >= 0.3 is 5.97 Å². The molecule has 11 heavy (non-hydrogen) atoms. The van der Waals surface area contributed by atoms with E-state index < -0.39 is 12.0 Å². The molecule has 0 aromatic heterocycles. The predicted molar refractivity (Wildman–Crippen MR) is 44.6 cm³/mol. The van der Waals surface area contributed by atoms with Crippen LogP contribution in [0.25, 0.3) is 0 Å². The number of nitrogens with one attached hydrogen (secondary N) is 1. The molecular weight excluding hydrogens is 142 g/mol. The molecule has 0 heterocycles. The monoisotopic (exact) mass is 159 g/mol. The van der Waals surface area contributed by atoms with Crippen LogP contribution in [0.4, 0.5) is 0 Å². The van der Waals surface area contributed by atoms with Crippen LogP contribution in [-0.2, 0) is 4.79 Å². The number of hydrogen-bond acceptors (Lipinski definition) is 2. The van der Waals surface area contributed by atoms with Crippen molar-refractivity contribution in [1.82, 2.24) is 5.32 Å². The van der Waals surface area contributed by atoms with Crippen molar-refractivity contribution in [1.29, 1.82) is 0 Å². The lowest BCUT2D eigenvalue weighted by molar-refractivity contribution is -0.140. The smallest absolute Gasteiger partial charge is 0.320 e. The first kappa shape index (κ1) is 10.4. The molecule has 0 spiro atoms. The molecule has 0 aliphatic carbocycles. The Morgan fingerprint density at radius 2 is 2.09 bits per heavy atom.